The van der Waals surface area contributed by atoms with Gasteiger partial charge in [0.2, 0.25) is 5.91 Å². The van der Waals surface area contributed by atoms with Gasteiger partial charge in [0.25, 0.3) is 5.91 Å². The summed E-state index contributed by atoms with van der Waals surface area (Å²) >= 11 is 0. The molecule has 1 atom stereocenters. The zero-order chi connectivity index (χ0) is 17.4. The number of likely N-dealkylation sites (N-methyl/N-ethyl adjacent to an activating group) is 1. The lowest BCUT2D eigenvalue weighted by atomic mass is 10.0. The molecule has 0 aliphatic heterocycles. The minimum absolute atomic E-state index is 0.131. The molecule has 7 heteroatoms. The molecule has 23 heavy (non-hydrogen) atoms. The van der Waals surface area contributed by atoms with E-state index in [0.717, 1.165) is 0 Å². The molecule has 124 valence electrons. The number of amides is 2. The van der Waals surface area contributed by atoms with Crippen LogP contribution < -0.4 is 10.6 Å². The Kier molecular flexibility index (Phi) is 6.92. The first kappa shape index (κ1) is 18.3. The fourth-order valence-electron chi connectivity index (χ4n) is 2.20. The van der Waals surface area contributed by atoms with Crippen molar-refractivity contribution in [2.24, 2.45) is 0 Å². The van der Waals surface area contributed by atoms with Crippen molar-refractivity contribution in [3.05, 3.63) is 29.3 Å². The molecule has 7 nitrogen and oxygen atoms in total. The highest BCUT2D eigenvalue weighted by atomic mass is 16.2. The smallest absolute Gasteiger partial charge is 0.257 e. The molecule has 0 aromatic heterocycles. The number of rotatable bonds is 8. The normalized spacial score (nSPS) is 11.3. The molecule has 0 bridgehead atoms. The van der Waals surface area contributed by atoms with E-state index in [-0.39, 0.29) is 29.9 Å². The van der Waals surface area contributed by atoms with Crippen LogP contribution in [0.5, 0.6) is 0 Å². The predicted octanol–water partition coefficient (Wildman–Crippen LogP) is 0.706. The van der Waals surface area contributed by atoms with E-state index < -0.39 is 11.9 Å². The van der Waals surface area contributed by atoms with E-state index in [1.807, 2.05) is 0 Å². The zero-order valence-electron chi connectivity index (χ0n) is 13.5. The lowest BCUT2D eigenvalue weighted by molar-refractivity contribution is -0.121. The van der Waals surface area contributed by atoms with Crippen LogP contribution >= 0.6 is 0 Å². The van der Waals surface area contributed by atoms with Gasteiger partial charge in [-0.05, 0) is 12.5 Å². The van der Waals surface area contributed by atoms with Crippen molar-refractivity contribution in [1.29, 1.82) is 0 Å². The summed E-state index contributed by atoms with van der Waals surface area (Å²) in [7, 11) is 4.63. The molecule has 0 spiro atoms. The third-order valence-electron chi connectivity index (χ3n) is 3.63. The van der Waals surface area contributed by atoms with Gasteiger partial charge >= 0.3 is 0 Å². The quantitative estimate of drug-likeness (QED) is 0.688. The summed E-state index contributed by atoms with van der Waals surface area (Å²) in [6.45, 7) is 0. The maximum Gasteiger partial charge on any atom is 0.257 e. The van der Waals surface area contributed by atoms with Crippen molar-refractivity contribution in [3.63, 3.8) is 0 Å². The summed E-state index contributed by atoms with van der Waals surface area (Å²) < 4.78 is 0. The Morgan fingerprint density at radius 3 is 2.48 bits per heavy atom. The van der Waals surface area contributed by atoms with E-state index in [0.29, 0.717) is 18.3 Å². The van der Waals surface area contributed by atoms with Gasteiger partial charge in [-0.1, -0.05) is 12.1 Å². The number of benzene rings is 1. The Labute approximate surface area is 135 Å². The first-order chi connectivity index (χ1) is 11.0. The molecule has 1 unspecified atom stereocenters. The molecule has 0 heterocycles. The minimum atomic E-state index is -0.746. The molecule has 0 aliphatic carbocycles. The van der Waals surface area contributed by atoms with Gasteiger partial charge in [0.1, 0.15) is 6.29 Å². The van der Waals surface area contributed by atoms with Crippen LogP contribution in [0.15, 0.2) is 18.2 Å². The number of hydrogen-bond acceptors (Lipinski definition) is 5. The van der Waals surface area contributed by atoms with Crippen molar-refractivity contribution in [2.75, 3.05) is 26.5 Å². The van der Waals surface area contributed by atoms with Crippen LogP contribution in [0.4, 0.5) is 5.69 Å². The minimum Gasteiger partial charge on any atom is -0.387 e. The van der Waals surface area contributed by atoms with E-state index >= 15 is 0 Å². The maximum absolute atomic E-state index is 12.7. The molecule has 1 aromatic carbocycles. The molecule has 0 fully saturated rings. The fraction of sp³-hybridized carbons (Fsp3) is 0.375. The summed E-state index contributed by atoms with van der Waals surface area (Å²) in [5.74, 6) is -0.659. The van der Waals surface area contributed by atoms with Crippen LogP contribution in [-0.4, -0.2) is 56.5 Å². The van der Waals surface area contributed by atoms with E-state index in [1.165, 1.54) is 25.1 Å². The van der Waals surface area contributed by atoms with Gasteiger partial charge in [0.05, 0.1) is 11.6 Å². The summed E-state index contributed by atoms with van der Waals surface area (Å²) in [4.78, 5) is 47.7. The second kappa shape index (κ2) is 8.67. The molecular weight excluding hydrogens is 298 g/mol. The number of carbonyl (C=O) groups excluding carboxylic acids is 4. The Morgan fingerprint density at radius 1 is 1.26 bits per heavy atom. The monoisotopic (exact) mass is 319 g/mol. The van der Waals surface area contributed by atoms with Gasteiger partial charge < -0.3 is 20.3 Å². The van der Waals surface area contributed by atoms with Crippen molar-refractivity contribution in [2.45, 2.75) is 18.9 Å². The fourth-order valence-corrected chi connectivity index (χ4v) is 2.20. The lowest BCUT2D eigenvalue weighted by Crippen LogP contribution is -2.39. The van der Waals surface area contributed by atoms with Gasteiger partial charge in [-0.25, -0.2) is 0 Å². The number of anilines is 1. The summed E-state index contributed by atoms with van der Waals surface area (Å²) in [6, 6.07) is 4.13. The molecule has 0 saturated carbocycles. The Hall–Kier alpha value is -2.70. The van der Waals surface area contributed by atoms with Crippen LogP contribution in [0.3, 0.4) is 0 Å². The Morgan fingerprint density at radius 2 is 1.96 bits per heavy atom. The molecule has 1 rings (SSSR count). The largest absolute Gasteiger partial charge is 0.387 e. The van der Waals surface area contributed by atoms with Crippen molar-refractivity contribution in [1.82, 2.24) is 10.2 Å². The van der Waals surface area contributed by atoms with Gasteiger partial charge in [0, 0.05) is 38.8 Å². The number of hydrogen-bond donors (Lipinski definition) is 2. The first-order valence-electron chi connectivity index (χ1n) is 7.19. The average Bonchev–Trinajstić information content (AvgIpc) is 2.60. The van der Waals surface area contributed by atoms with Crippen molar-refractivity contribution in [3.8, 4) is 0 Å². The van der Waals surface area contributed by atoms with E-state index in [4.69, 9.17) is 0 Å². The third-order valence-corrected chi connectivity index (χ3v) is 3.63. The standard InChI is InChI=1S/C16H21N3O4/c1-17-13-6-4-5-11(9-20)15(13)16(23)19(3)12(10-21)7-8-14(22)18-2/h4-6,9-10,12,17H,7-8H2,1-3H3,(H,18,22). The SMILES string of the molecule is CNC(=O)CCC(C=O)N(C)C(=O)c1c(C=O)cccc1NC. The predicted molar refractivity (Wildman–Crippen MR) is 86.6 cm³/mol. The third kappa shape index (κ3) is 4.38. The number of nitrogens with zero attached hydrogens (tertiary/aromatic N) is 1. The molecular formula is C16H21N3O4. The van der Waals surface area contributed by atoms with Crippen LogP contribution in [0, 0.1) is 0 Å². The van der Waals surface area contributed by atoms with E-state index in [2.05, 4.69) is 10.6 Å². The molecule has 0 aliphatic rings. The first-order valence-corrected chi connectivity index (χ1v) is 7.19. The van der Waals surface area contributed by atoms with Gasteiger partial charge in [-0.2, -0.15) is 0 Å². The highest BCUT2D eigenvalue weighted by Crippen LogP contribution is 2.21. The average molecular weight is 319 g/mol. The van der Waals surface area contributed by atoms with Crippen molar-refractivity contribution >= 4 is 30.1 Å². The molecule has 2 amide bonds. The molecule has 1 aromatic rings. The number of carbonyl (C=O) groups is 4. The Bertz CT molecular complexity index is 601. The van der Waals surface area contributed by atoms with Crippen LogP contribution in [0.1, 0.15) is 33.6 Å². The molecule has 2 N–H and O–H groups in total. The summed E-state index contributed by atoms with van der Waals surface area (Å²) in [6.07, 6.45) is 1.57. The van der Waals surface area contributed by atoms with Gasteiger partial charge in [0.15, 0.2) is 6.29 Å². The lowest BCUT2D eigenvalue weighted by Gasteiger charge is -2.25. The second-order valence-electron chi connectivity index (χ2n) is 4.97. The summed E-state index contributed by atoms with van der Waals surface area (Å²) in [5.41, 5.74) is 0.950. The number of nitrogens with one attached hydrogen (secondary N) is 2. The Balaban J connectivity index is 3.05. The van der Waals surface area contributed by atoms with Crippen LogP contribution in [0.25, 0.3) is 0 Å². The molecule has 0 saturated heterocycles. The van der Waals surface area contributed by atoms with Crippen molar-refractivity contribution < 1.29 is 19.2 Å². The van der Waals surface area contributed by atoms with Gasteiger partial charge in [-0.3, -0.25) is 14.4 Å². The highest BCUT2D eigenvalue weighted by Gasteiger charge is 2.25. The van der Waals surface area contributed by atoms with E-state index in [9.17, 15) is 19.2 Å². The van der Waals surface area contributed by atoms with Gasteiger partial charge in [-0.15, -0.1) is 0 Å². The highest BCUT2D eigenvalue weighted by molar-refractivity contribution is 6.06. The molecule has 0 radical (unpaired) electrons. The zero-order valence-corrected chi connectivity index (χ0v) is 13.5. The van der Waals surface area contributed by atoms with Crippen LogP contribution in [-0.2, 0) is 9.59 Å². The summed E-state index contributed by atoms with van der Waals surface area (Å²) in [5, 5.41) is 5.33. The number of aldehydes is 2. The van der Waals surface area contributed by atoms with E-state index in [1.54, 1.807) is 19.2 Å². The van der Waals surface area contributed by atoms with Crippen LogP contribution in [0.2, 0.25) is 0 Å². The maximum atomic E-state index is 12.7. The second-order valence-corrected chi connectivity index (χ2v) is 4.97. The topological polar surface area (TPSA) is 95.6 Å².